The second-order valence-corrected chi connectivity index (χ2v) is 5.94. The highest BCUT2D eigenvalue weighted by atomic mass is 35.5. The first-order chi connectivity index (χ1) is 10.2. The third-order valence-corrected chi connectivity index (χ3v) is 4.13. The highest BCUT2D eigenvalue weighted by Crippen LogP contribution is 2.29. The minimum absolute atomic E-state index is 0.173. The Kier molecular flexibility index (Phi) is 4.54. The van der Waals surface area contributed by atoms with E-state index >= 15 is 0 Å². The first-order valence-electron chi connectivity index (χ1n) is 7.37. The van der Waals surface area contributed by atoms with Crippen LogP contribution in [-0.2, 0) is 0 Å². The first-order valence-corrected chi connectivity index (χ1v) is 7.74. The average molecular weight is 302 g/mol. The Labute approximate surface area is 131 Å². The lowest BCUT2D eigenvalue weighted by atomic mass is 10.00. The molecule has 1 saturated heterocycles. The molecule has 4 heteroatoms. The van der Waals surface area contributed by atoms with Crippen molar-refractivity contribution in [1.29, 1.82) is 0 Å². The zero-order valence-electron chi connectivity index (χ0n) is 12.2. The largest absolute Gasteiger partial charge is 0.314 e. The zero-order chi connectivity index (χ0) is 14.7. The molecular weight excluding hydrogens is 282 g/mol. The van der Waals surface area contributed by atoms with Crippen LogP contribution in [0.25, 0.3) is 0 Å². The molecule has 1 aliphatic heterocycles. The molecule has 0 aliphatic carbocycles. The second kappa shape index (κ2) is 6.56. The van der Waals surface area contributed by atoms with E-state index in [1.54, 1.807) is 0 Å². The van der Waals surface area contributed by atoms with Gasteiger partial charge in [-0.05, 0) is 36.2 Å². The van der Waals surface area contributed by atoms with E-state index in [4.69, 9.17) is 11.6 Å². The molecule has 0 saturated carbocycles. The van der Waals surface area contributed by atoms with E-state index in [9.17, 15) is 0 Å². The van der Waals surface area contributed by atoms with Gasteiger partial charge in [-0.3, -0.25) is 9.88 Å². The lowest BCUT2D eigenvalue weighted by Gasteiger charge is -2.35. The second-order valence-electron chi connectivity index (χ2n) is 5.50. The zero-order valence-corrected chi connectivity index (χ0v) is 13.0. The van der Waals surface area contributed by atoms with Crippen LogP contribution in [0.3, 0.4) is 0 Å². The fourth-order valence-corrected chi connectivity index (χ4v) is 3.03. The number of halogens is 1. The number of hydrogen-bond donors (Lipinski definition) is 1. The Morgan fingerprint density at radius 3 is 2.67 bits per heavy atom. The Morgan fingerprint density at radius 2 is 2.00 bits per heavy atom. The third kappa shape index (κ3) is 3.43. The predicted octanol–water partition coefficient (Wildman–Crippen LogP) is 3.04. The maximum Gasteiger partial charge on any atom is 0.0777 e. The van der Waals surface area contributed by atoms with Gasteiger partial charge < -0.3 is 5.32 Å². The van der Waals surface area contributed by atoms with Gasteiger partial charge in [0, 0.05) is 37.4 Å². The van der Waals surface area contributed by atoms with Crippen LogP contribution in [0.4, 0.5) is 0 Å². The molecule has 110 valence electrons. The van der Waals surface area contributed by atoms with Crippen molar-refractivity contribution in [2.45, 2.75) is 13.0 Å². The van der Waals surface area contributed by atoms with Gasteiger partial charge in [0.05, 0.1) is 11.7 Å². The van der Waals surface area contributed by atoms with Gasteiger partial charge >= 0.3 is 0 Å². The monoisotopic (exact) mass is 301 g/mol. The number of aryl methyl sites for hydroxylation is 1. The molecule has 3 nitrogen and oxygen atoms in total. The number of aromatic nitrogens is 1. The van der Waals surface area contributed by atoms with Gasteiger partial charge in [0.15, 0.2) is 0 Å². The number of nitrogens with one attached hydrogen (secondary N) is 1. The lowest BCUT2D eigenvalue weighted by molar-refractivity contribution is 0.195. The molecule has 0 amide bonds. The summed E-state index contributed by atoms with van der Waals surface area (Å²) in [5.41, 5.74) is 3.48. The summed E-state index contributed by atoms with van der Waals surface area (Å²) in [6.45, 7) is 6.14. The highest BCUT2D eigenvalue weighted by molar-refractivity contribution is 6.30. The molecule has 21 heavy (non-hydrogen) atoms. The molecule has 3 rings (SSSR count). The Hall–Kier alpha value is -1.42. The lowest BCUT2D eigenvalue weighted by Crippen LogP contribution is -2.45. The summed E-state index contributed by atoms with van der Waals surface area (Å²) in [5, 5.41) is 4.18. The number of pyridine rings is 1. The first kappa shape index (κ1) is 14.5. The van der Waals surface area contributed by atoms with Crippen LogP contribution in [0, 0.1) is 6.92 Å². The van der Waals surface area contributed by atoms with Gasteiger partial charge in [0.2, 0.25) is 0 Å². The fourth-order valence-electron chi connectivity index (χ4n) is 2.83. The summed E-state index contributed by atoms with van der Waals surface area (Å²) in [5.74, 6) is 0. The van der Waals surface area contributed by atoms with Crippen LogP contribution in [-0.4, -0.2) is 36.1 Å². The maximum atomic E-state index is 6.19. The molecule has 0 bridgehead atoms. The quantitative estimate of drug-likeness (QED) is 0.944. The normalized spacial score (nSPS) is 17.6. The molecule has 1 N–H and O–H groups in total. The van der Waals surface area contributed by atoms with Gasteiger partial charge in [-0.2, -0.15) is 0 Å². The SMILES string of the molecule is Cc1ccc(C(c2cccc(Cl)c2)N2CCNCC2)nc1. The van der Waals surface area contributed by atoms with Gasteiger partial charge in [-0.15, -0.1) is 0 Å². The van der Waals surface area contributed by atoms with E-state index < -0.39 is 0 Å². The van der Waals surface area contributed by atoms with Gasteiger partial charge in [-0.25, -0.2) is 0 Å². The standard InChI is InChI=1S/C17H20ClN3/c1-13-5-6-16(20-12-13)17(21-9-7-19-8-10-21)14-3-2-4-15(18)11-14/h2-6,11-12,17,19H,7-10H2,1H3. The molecule has 2 aromatic rings. The van der Waals surface area contributed by atoms with Crippen LogP contribution in [0.2, 0.25) is 5.02 Å². The number of nitrogens with zero attached hydrogens (tertiary/aromatic N) is 2. The minimum Gasteiger partial charge on any atom is -0.314 e. The van der Waals surface area contributed by atoms with E-state index in [1.807, 2.05) is 18.3 Å². The van der Waals surface area contributed by atoms with Crippen molar-refractivity contribution in [2.75, 3.05) is 26.2 Å². The number of piperazine rings is 1. The summed E-state index contributed by atoms with van der Waals surface area (Å²) in [6.07, 6.45) is 1.94. The summed E-state index contributed by atoms with van der Waals surface area (Å²) < 4.78 is 0. The van der Waals surface area contributed by atoms with E-state index in [-0.39, 0.29) is 6.04 Å². The number of hydrogen-bond acceptors (Lipinski definition) is 3. The van der Waals surface area contributed by atoms with Crippen molar-refractivity contribution in [3.8, 4) is 0 Å². The molecule has 0 radical (unpaired) electrons. The Balaban J connectivity index is 1.99. The summed E-state index contributed by atoms with van der Waals surface area (Å²) >= 11 is 6.19. The van der Waals surface area contributed by atoms with Gasteiger partial charge in [-0.1, -0.05) is 29.8 Å². The van der Waals surface area contributed by atoms with E-state index in [0.29, 0.717) is 0 Å². The molecule has 1 fully saturated rings. The molecule has 1 unspecified atom stereocenters. The fraction of sp³-hybridized carbons (Fsp3) is 0.353. The predicted molar refractivity (Wildman–Crippen MR) is 86.7 cm³/mol. The van der Waals surface area contributed by atoms with Crippen molar-refractivity contribution >= 4 is 11.6 Å². The molecule has 1 atom stereocenters. The molecule has 2 heterocycles. The van der Waals surface area contributed by atoms with Crippen molar-refractivity contribution < 1.29 is 0 Å². The van der Waals surface area contributed by atoms with Crippen molar-refractivity contribution in [3.63, 3.8) is 0 Å². The van der Waals surface area contributed by atoms with Crippen LogP contribution in [0.1, 0.15) is 22.9 Å². The summed E-state index contributed by atoms with van der Waals surface area (Å²) in [4.78, 5) is 7.13. The molecule has 0 spiro atoms. The maximum absolute atomic E-state index is 6.19. The number of benzene rings is 1. The molecule has 1 aromatic carbocycles. The third-order valence-electron chi connectivity index (χ3n) is 3.90. The van der Waals surface area contributed by atoms with Crippen molar-refractivity contribution in [3.05, 3.63) is 64.4 Å². The average Bonchev–Trinajstić information content (AvgIpc) is 2.51. The highest BCUT2D eigenvalue weighted by Gasteiger charge is 2.24. The topological polar surface area (TPSA) is 28.2 Å². The smallest absolute Gasteiger partial charge is 0.0777 e. The molecular formula is C17H20ClN3. The summed E-state index contributed by atoms with van der Waals surface area (Å²) in [7, 11) is 0. The van der Waals surface area contributed by atoms with Crippen LogP contribution >= 0.6 is 11.6 Å². The van der Waals surface area contributed by atoms with Crippen LogP contribution < -0.4 is 5.32 Å². The van der Waals surface area contributed by atoms with Crippen molar-refractivity contribution in [1.82, 2.24) is 15.2 Å². The Morgan fingerprint density at radius 1 is 1.19 bits per heavy atom. The Bertz CT molecular complexity index is 591. The van der Waals surface area contributed by atoms with E-state index in [0.717, 1.165) is 36.9 Å². The minimum atomic E-state index is 0.173. The van der Waals surface area contributed by atoms with Gasteiger partial charge in [0.1, 0.15) is 0 Å². The van der Waals surface area contributed by atoms with E-state index in [1.165, 1.54) is 11.1 Å². The van der Waals surface area contributed by atoms with Crippen LogP contribution in [0.5, 0.6) is 0 Å². The molecule has 1 aromatic heterocycles. The van der Waals surface area contributed by atoms with E-state index in [2.05, 4.69) is 46.4 Å². The molecule has 1 aliphatic rings. The number of rotatable bonds is 3. The van der Waals surface area contributed by atoms with Gasteiger partial charge in [0.25, 0.3) is 0 Å². The van der Waals surface area contributed by atoms with Crippen molar-refractivity contribution in [2.24, 2.45) is 0 Å². The van der Waals surface area contributed by atoms with Crippen LogP contribution in [0.15, 0.2) is 42.6 Å². The summed E-state index contributed by atoms with van der Waals surface area (Å²) in [6, 6.07) is 12.6.